The summed E-state index contributed by atoms with van der Waals surface area (Å²) in [6, 6.07) is 0. The zero-order chi connectivity index (χ0) is 18.6. The van der Waals surface area contributed by atoms with Crippen molar-refractivity contribution in [3.8, 4) is 5.88 Å². The summed E-state index contributed by atoms with van der Waals surface area (Å²) in [5.74, 6) is 0.830. The van der Waals surface area contributed by atoms with Gasteiger partial charge in [-0.3, -0.25) is 4.79 Å². The predicted octanol–water partition coefficient (Wildman–Crippen LogP) is -0.196. The first kappa shape index (κ1) is 19.4. The summed E-state index contributed by atoms with van der Waals surface area (Å²) >= 11 is 0. The molecule has 1 atom stereocenters. The molecule has 1 fully saturated rings. The van der Waals surface area contributed by atoms with Crippen LogP contribution in [-0.2, 0) is 14.8 Å². The second kappa shape index (κ2) is 7.96. The van der Waals surface area contributed by atoms with Crippen molar-refractivity contribution in [1.29, 1.82) is 0 Å². The van der Waals surface area contributed by atoms with Crippen LogP contribution in [0.5, 0.6) is 5.88 Å². The van der Waals surface area contributed by atoms with Crippen LogP contribution in [0.2, 0.25) is 0 Å². The average Bonchev–Trinajstić information content (AvgIpc) is 2.54. The molecule has 25 heavy (non-hydrogen) atoms. The monoisotopic (exact) mass is 371 g/mol. The first-order valence-corrected chi connectivity index (χ1v) is 9.87. The van der Waals surface area contributed by atoms with Gasteiger partial charge in [-0.05, 0) is 12.8 Å². The van der Waals surface area contributed by atoms with Gasteiger partial charge in [0.2, 0.25) is 15.9 Å². The largest absolute Gasteiger partial charge is 0.470 e. The number of hydrogen-bond acceptors (Lipinski definition) is 7. The van der Waals surface area contributed by atoms with E-state index < -0.39 is 10.0 Å². The molecule has 1 aliphatic rings. The van der Waals surface area contributed by atoms with E-state index in [0.29, 0.717) is 24.8 Å². The topological polar surface area (TPSA) is 95.9 Å². The van der Waals surface area contributed by atoms with E-state index >= 15 is 0 Å². The van der Waals surface area contributed by atoms with Crippen LogP contribution in [0.25, 0.3) is 0 Å². The molecule has 1 aromatic rings. The smallest absolute Gasteiger partial charge is 0.257 e. The number of carbonyl (C=O) groups is 1. The standard InChI is InChI=1S/C15H25N5O4S/c1-18(2)14-15(17-8-7-16-14)24-12-6-5-9-20(10-12)13(21)11-19(3)25(4,22)23/h7-8,12H,5-6,9-11H2,1-4H3/t12-/m0/s1. The second-order valence-electron chi connectivity index (χ2n) is 6.32. The Morgan fingerprint density at radius 1 is 1.32 bits per heavy atom. The number of aromatic nitrogens is 2. The SMILES string of the molecule is CN(C)c1nccnc1O[C@H]1CCCN(C(=O)CN(C)S(C)(=O)=O)C1. The van der Waals surface area contributed by atoms with Gasteiger partial charge >= 0.3 is 0 Å². The Morgan fingerprint density at radius 2 is 2.00 bits per heavy atom. The van der Waals surface area contributed by atoms with E-state index in [9.17, 15) is 13.2 Å². The summed E-state index contributed by atoms with van der Waals surface area (Å²) in [6.45, 7) is 0.830. The van der Waals surface area contributed by atoms with Gasteiger partial charge in [-0.1, -0.05) is 0 Å². The third-order valence-corrected chi connectivity index (χ3v) is 5.26. The summed E-state index contributed by atoms with van der Waals surface area (Å²) in [6.07, 6.45) is 5.64. The van der Waals surface area contributed by atoms with E-state index in [1.165, 1.54) is 7.05 Å². The summed E-state index contributed by atoms with van der Waals surface area (Å²) in [5, 5.41) is 0. The van der Waals surface area contributed by atoms with Crippen LogP contribution in [0.4, 0.5) is 5.82 Å². The van der Waals surface area contributed by atoms with Crippen molar-refractivity contribution in [2.24, 2.45) is 0 Å². The van der Waals surface area contributed by atoms with Gasteiger partial charge in [-0.15, -0.1) is 0 Å². The summed E-state index contributed by atoms with van der Waals surface area (Å²) in [5.41, 5.74) is 0. The number of rotatable bonds is 6. The first-order chi connectivity index (χ1) is 11.7. The third kappa shape index (κ3) is 5.27. The number of hydrogen-bond donors (Lipinski definition) is 0. The van der Waals surface area contributed by atoms with E-state index in [-0.39, 0.29) is 18.6 Å². The minimum absolute atomic E-state index is 0.167. The number of carbonyl (C=O) groups excluding carboxylic acids is 1. The fourth-order valence-electron chi connectivity index (χ4n) is 2.53. The highest BCUT2D eigenvalue weighted by Crippen LogP contribution is 2.24. The van der Waals surface area contributed by atoms with Crippen molar-refractivity contribution in [2.45, 2.75) is 18.9 Å². The Morgan fingerprint density at radius 3 is 2.64 bits per heavy atom. The maximum atomic E-state index is 12.4. The molecule has 10 heteroatoms. The van der Waals surface area contributed by atoms with Crippen LogP contribution >= 0.6 is 0 Å². The molecule has 2 rings (SSSR count). The Labute approximate surface area is 148 Å². The number of anilines is 1. The summed E-state index contributed by atoms with van der Waals surface area (Å²) < 4.78 is 29.9. The van der Waals surface area contributed by atoms with Crippen molar-refractivity contribution >= 4 is 21.7 Å². The Hall–Kier alpha value is -1.94. The summed E-state index contributed by atoms with van der Waals surface area (Å²) in [7, 11) is 1.73. The number of ether oxygens (including phenoxy) is 1. The quantitative estimate of drug-likeness (QED) is 0.683. The molecule has 2 heterocycles. The van der Waals surface area contributed by atoms with Crippen molar-refractivity contribution < 1.29 is 17.9 Å². The lowest BCUT2D eigenvalue weighted by Gasteiger charge is -2.33. The molecule has 0 spiro atoms. The van der Waals surface area contributed by atoms with Gasteiger partial charge in [0.1, 0.15) is 6.10 Å². The number of likely N-dealkylation sites (tertiary alicyclic amines) is 1. The van der Waals surface area contributed by atoms with Gasteiger partial charge in [-0.25, -0.2) is 18.4 Å². The Bertz CT molecular complexity index is 710. The van der Waals surface area contributed by atoms with E-state index in [0.717, 1.165) is 23.4 Å². The molecule has 0 radical (unpaired) electrons. The van der Waals surface area contributed by atoms with Gasteiger partial charge in [0, 0.05) is 40.1 Å². The van der Waals surface area contributed by atoms with Gasteiger partial charge in [-0.2, -0.15) is 4.31 Å². The lowest BCUT2D eigenvalue weighted by molar-refractivity contribution is -0.133. The Kier molecular flexibility index (Phi) is 6.17. The van der Waals surface area contributed by atoms with Gasteiger partial charge in [0.25, 0.3) is 5.88 Å². The van der Waals surface area contributed by atoms with Gasteiger partial charge < -0.3 is 14.5 Å². The highest BCUT2D eigenvalue weighted by Gasteiger charge is 2.28. The third-order valence-electron chi connectivity index (χ3n) is 4.00. The molecular weight excluding hydrogens is 346 g/mol. The molecule has 0 saturated carbocycles. The summed E-state index contributed by atoms with van der Waals surface area (Å²) in [4.78, 5) is 24.3. The molecule has 0 unspecified atom stereocenters. The highest BCUT2D eigenvalue weighted by molar-refractivity contribution is 7.88. The molecular formula is C15H25N5O4S. The van der Waals surface area contributed by atoms with Crippen LogP contribution in [0, 0.1) is 0 Å². The minimum Gasteiger partial charge on any atom is -0.470 e. The highest BCUT2D eigenvalue weighted by atomic mass is 32.2. The van der Waals surface area contributed by atoms with Gasteiger partial charge in [0.05, 0.1) is 19.3 Å². The lowest BCUT2D eigenvalue weighted by Crippen LogP contribution is -2.48. The molecule has 0 N–H and O–H groups in total. The molecule has 0 aliphatic carbocycles. The van der Waals surface area contributed by atoms with Crippen LogP contribution in [0.15, 0.2) is 12.4 Å². The Balaban J connectivity index is 2.00. The van der Waals surface area contributed by atoms with Crippen LogP contribution in [0.1, 0.15) is 12.8 Å². The number of amides is 1. The molecule has 0 aromatic carbocycles. The minimum atomic E-state index is -3.38. The molecule has 1 saturated heterocycles. The van der Waals surface area contributed by atoms with E-state index in [2.05, 4.69) is 9.97 Å². The maximum Gasteiger partial charge on any atom is 0.257 e. The van der Waals surface area contributed by atoms with E-state index in [1.54, 1.807) is 17.3 Å². The molecule has 1 aromatic heterocycles. The number of sulfonamides is 1. The van der Waals surface area contributed by atoms with Crippen molar-refractivity contribution in [3.05, 3.63) is 12.4 Å². The molecule has 1 aliphatic heterocycles. The molecule has 1 amide bonds. The number of piperidine rings is 1. The number of likely N-dealkylation sites (N-methyl/N-ethyl adjacent to an activating group) is 1. The van der Waals surface area contributed by atoms with Crippen molar-refractivity contribution in [2.75, 3.05) is 51.9 Å². The van der Waals surface area contributed by atoms with Crippen molar-refractivity contribution in [3.63, 3.8) is 0 Å². The van der Waals surface area contributed by atoms with E-state index in [1.807, 2.05) is 19.0 Å². The van der Waals surface area contributed by atoms with Crippen LogP contribution in [0.3, 0.4) is 0 Å². The molecule has 0 bridgehead atoms. The normalized spacial score (nSPS) is 18.3. The number of nitrogens with zero attached hydrogens (tertiary/aromatic N) is 5. The fraction of sp³-hybridized carbons (Fsp3) is 0.667. The van der Waals surface area contributed by atoms with Crippen molar-refractivity contribution in [1.82, 2.24) is 19.2 Å². The van der Waals surface area contributed by atoms with Gasteiger partial charge in [0.15, 0.2) is 5.82 Å². The molecule has 140 valence electrons. The lowest BCUT2D eigenvalue weighted by atomic mass is 10.1. The van der Waals surface area contributed by atoms with Crippen LogP contribution in [-0.4, -0.2) is 86.6 Å². The zero-order valence-corrected chi connectivity index (χ0v) is 15.9. The maximum absolute atomic E-state index is 12.4. The zero-order valence-electron chi connectivity index (χ0n) is 15.0. The second-order valence-corrected chi connectivity index (χ2v) is 8.41. The fourth-order valence-corrected chi connectivity index (χ4v) is 2.88. The van der Waals surface area contributed by atoms with Crippen LogP contribution < -0.4 is 9.64 Å². The predicted molar refractivity (Wildman–Crippen MR) is 94.1 cm³/mol. The first-order valence-electron chi connectivity index (χ1n) is 8.02. The average molecular weight is 371 g/mol. The molecule has 9 nitrogen and oxygen atoms in total. The van der Waals surface area contributed by atoms with E-state index in [4.69, 9.17) is 4.74 Å².